The van der Waals surface area contributed by atoms with Gasteiger partial charge in [0.15, 0.2) is 0 Å². The Hall–Kier alpha value is -4.69. The van der Waals surface area contributed by atoms with E-state index in [1.165, 1.54) is 12.1 Å². The van der Waals surface area contributed by atoms with Crippen LogP contribution in [0.5, 0.6) is 0 Å². The van der Waals surface area contributed by atoms with Crippen LogP contribution in [-0.4, -0.2) is 48.8 Å². The van der Waals surface area contributed by atoms with Gasteiger partial charge in [-0.25, -0.2) is 4.39 Å². The molecule has 44 heavy (non-hydrogen) atoms. The standard InChI is InChI=1S/C35H34ClFN4O3/c1-2-28(25-8-4-3-5-9-25)35(44)41-20-18-40(19-21-41)32-17-16-27(39-34(43)29-10-6-7-11-31(29)36)22-30(32)33(42)38-23-24-12-14-26(37)15-13-24/h3-17,22,28H,2,18-21,23H2,1H3,(H,38,42)(H,39,43). The fraction of sp³-hybridized carbons (Fsp3) is 0.229. The normalized spacial score (nSPS) is 13.7. The van der Waals surface area contributed by atoms with E-state index in [0.717, 1.165) is 11.1 Å². The molecule has 4 aromatic rings. The van der Waals surface area contributed by atoms with E-state index in [1.54, 1.807) is 48.5 Å². The highest BCUT2D eigenvalue weighted by Crippen LogP contribution is 2.28. The van der Waals surface area contributed by atoms with Crippen molar-refractivity contribution in [3.8, 4) is 0 Å². The zero-order chi connectivity index (χ0) is 31.1. The molecular formula is C35H34ClFN4O3. The third kappa shape index (κ3) is 7.26. The van der Waals surface area contributed by atoms with Crippen molar-refractivity contribution in [3.63, 3.8) is 0 Å². The second kappa shape index (κ2) is 14.2. The summed E-state index contributed by atoms with van der Waals surface area (Å²) < 4.78 is 13.4. The van der Waals surface area contributed by atoms with E-state index >= 15 is 0 Å². The van der Waals surface area contributed by atoms with Crippen LogP contribution in [0.3, 0.4) is 0 Å². The number of amides is 3. The van der Waals surface area contributed by atoms with Gasteiger partial charge in [0.05, 0.1) is 22.1 Å². The van der Waals surface area contributed by atoms with Crippen LogP contribution in [0.25, 0.3) is 0 Å². The highest BCUT2D eigenvalue weighted by molar-refractivity contribution is 6.34. The summed E-state index contributed by atoms with van der Waals surface area (Å²) in [6, 6.07) is 27.7. The van der Waals surface area contributed by atoms with E-state index in [0.29, 0.717) is 60.1 Å². The van der Waals surface area contributed by atoms with Crippen LogP contribution >= 0.6 is 11.6 Å². The Bertz CT molecular complexity index is 1620. The average Bonchev–Trinajstić information content (AvgIpc) is 3.05. The number of hydrogen-bond donors (Lipinski definition) is 2. The molecule has 4 aromatic carbocycles. The Balaban J connectivity index is 1.34. The van der Waals surface area contributed by atoms with Crippen LogP contribution in [0.1, 0.15) is 51.1 Å². The lowest BCUT2D eigenvalue weighted by molar-refractivity contribution is -0.133. The van der Waals surface area contributed by atoms with Crippen molar-refractivity contribution in [2.45, 2.75) is 25.8 Å². The molecule has 0 saturated carbocycles. The van der Waals surface area contributed by atoms with Gasteiger partial charge in [0.2, 0.25) is 5.91 Å². The van der Waals surface area contributed by atoms with Gasteiger partial charge in [0.25, 0.3) is 11.8 Å². The van der Waals surface area contributed by atoms with E-state index in [4.69, 9.17) is 11.6 Å². The van der Waals surface area contributed by atoms with Crippen LogP contribution in [-0.2, 0) is 11.3 Å². The monoisotopic (exact) mass is 612 g/mol. The lowest BCUT2D eigenvalue weighted by Crippen LogP contribution is -2.50. The molecule has 1 unspecified atom stereocenters. The minimum absolute atomic E-state index is 0.105. The first-order valence-corrected chi connectivity index (χ1v) is 15.0. The third-order valence-electron chi connectivity index (χ3n) is 7.82. The number of nitrogens with zero attached hydrogens (tertiary/aromatic N) is 2. The SMILES string of the molecule is CCC(C(=O)N1CCN(c2ccc(NC(=O)c3ccccc3Cl)cc2C(=O)NCc2ccc(F)cc2)CC1)c1ccccc1. The Kier molecular flexibility index (Phi) is 9.92. The van der Waals surface area contributed by atoms with Gasteiger partial charge in [-0.1, -0.05) is 73.1 Å². The molecule has 0 aliphatic carbocycles. The maximum atomic E-state index is 13.6. The molecule has 1 heterocycles. The van der Waals surface area contributed by atoms with Crippen LogP contribution in [0.15, 0.2) is 97.1 Å². The summed E-state index contributed by atoms with van der Waals surface area (Å²) in [5, 5.41) is 6.08. The van der Waals surface area contributed by atoms with Crippen LogP contribution < -0.4 is 15.5 Å². The number of carbonyl (C=O) groups excluding carboxylic acids is 3. The Morgan fingerprint density at radius 2 is 1.50 bits per heavy atom. The number of rotatable bonds is 9. The molecule has 0 radical (unpaired) electrons. The van der Waals surface area contributed by atoms with Crippen molar-refractivity contribution in [1.29, 1.82) is 0 Å². The number of piperazine rings is 1. The van der Waals surface area contributed by atoms with Crippen LogP contribution in [0.2, 0.25) is 5.02 Å². The van der Waals surface area contributed by atoms with Crippen LogP contribution in [0.4, 0.5) is 15.8 Å². The van der Waals surface area contributed by atoms with Crippen molar-refractivity contribution < 1.29 is 18.8 Å². The maximum Gasteiger partial charge on any atom is 0.257 e. The number of anilines is 2. The molecule has 3 amide bonds. The van der Waals surface area contributed by atoms with Gasteiger partial charge in [-0.3, -0.25) is 14.4 Å². The first-order chi connectivity index (χ1) is 21.3. The van der Waals surface area contributed by atoms with Crippen molar-refractivity contribution in [3.05, 3.63) is 130 Å². The van der Waals surface area contributed by atoms with Gasteiger partial charge in [0.1, 0.15) is 5.82 Å². The number of hydrogen-bond acceptors (Lipinski definition) is 4. The predicted molar refractivity (Wildman–Crippen MR) is 172 cm³/mol. The smallest absolute Gasteiger partial charge is 0.257 e. The predicted octanol–water partition coefficient (Wildman–Crippen LogP) is 6.50. The molecule has 226 valence electrons. The number of carbonyl (C=O) groups is 3. The second-order valence-electron chi connectivity index (χ2n) is 10.7. The van der Waals surface area contributed by atoms with Crippen molar-refractivity contribution >= 4 is 40.7 Å². The molecule has 1 atom stereocenters. The summed E-state index contributed by atoms with van der Waals surface area (Å²) in [4.78, 5) is 43.9. The largest absolute Gasteiger partial charge is 0.367 e. The molecule has 1 aliphatic rings. The van der Waals surface area contributed by atoms with Crippen LogP contribution in [0, 0.1) is 5.82 Å². The van der Waals surface area contributed by atoms with Gasteiger partial charge in [-0.05, 0) is 60.0 Å². The second-order valence-corrected chi connectivity index (χ2v) is 11.1. The molecule has 1 fully saturated rings. The molecule has 0 aromatic heterocycles. The summed E-state index contributed by atoms with van der Waals surface area (Å²) in [5.41, 5.74) is 3.59. The molecule has 9 heteroatoms. The molecule has 5 rings (SSSR count). The van der Waals surface area contributed by atoms with Gasteiger partial charge in [0, 0.05) is 44.1 Å². The summed E-state index contributed by atoms with van der Waals surface area (Å²) in [5.74, 6) is -1.18. The fourth-order valence-corrected chi connectivity index (χ4v) is 5.64. The first-order valence-electron chi connectivity index (χ1n) is 14.6. The lowest BCUT2D eigenvalue weighted by atomic mass is 9.94. The van der Waals surface area contributed by atoms with Crippen molar-refractivity contribution in [2.24, 2.45) is 0 Å². The third-order valence-corrected chi connectivity index (χ3v) is 8.15. The van der Waals surface area contributed by atoms with Gasteiger partial charge in [-0.2, -0.15) is 0 Å². The minimum Gasteiger partial charge on any atom is -0.367 e. The first kappa shape index (κ1) is 30.8. The van der Waals surface area contributed by atoms with Gasteiger partial charge < -0.3 is 20.4 Å². The Morgan fingerprint density at radius 1 is 0.818 bits per heavy atom. The number of benzene rings is 4. The van der Waals surface area contributed by atoms with Crippen molar-refractivity contribution in [1.82, 2.24) is 10.2 Å². The van der Waals surface area contributed by atoms with E-state index < -0.39 is 5.91 Å². The van der Waals surface area contributed by atoms with E-state index in [9.17, 15) is 18.8 Å². The van der Waals surface area contributed by atoms with Crippen molar-refractivity contribution in [2.75, 3.05) is 36.4 Å². The summed E-state index contributed by atoms with van der Waals surface area (Å²) in [7, 11) is 0. The summed E-state index contributed by atoms with van der Waals surface area (Å²) in [6.45, 7) is 4.35. The Morgan fingerprint density at radius 3 is 2.18 bits per heavy atom. The highest BCUT2D eigenvalue weighted by Gasteiger charge is 2.29. The quantitative estimate of drug-likeness (QED) is 0.226. The molecule has 0 spiro atoms. The van der Waals surface area contributed by atoms with Gasteiger partial charge >= 0.3 is 0 Å². The topological polar surface area (TPSA) is 81.8 Å². The minimum atomic E-state index is -0.392. The Labute approximate surface area is 261 Å². The van der Waals surface area contributed by atoms with Gasteiger partial charge in [-0.15, -0.1) is 0 Å². The molecule has 7 nitrogen and oxygen atoms in total. The van der Waals surface area contributed by atoms with E-state index in [2.05, 4.69) is 15.5 Å². The average molecular weight is 613 g/mol. The van der Waals surface area contributed by atoms with E-state index in [1.807, 2.05) is 48.2 Å². The number of halogens is 2. The maximum absolute atomic E-state index is 13.6. The molecule has 2 N–H and O–H groups in total. The molecular weight excluding hydrogens is 579 g/mol. The highest BCUT2D eigenvalue weighted by atomic mass is 35.5. The zero-order valence-electron chi connectivity index (χ0n) is 24.4. The van der Waals surface area contributed by atoms with E-state index in [-0.39, 0.29) is 30.1 Å². The molecule has 0 bridgehead atoms. The molecule has 1 saturated heterocycles. The zero-order valence-corrected chi connectivity index (χ0v) is 25.2. The summed E-state index contributed by atoms with van der Waals surface area (Å²) in [6.07, 6.45) is 0.711. The fourth-order valence-electron chi connectivity index (χ4n) is 5.42. The molecule has 1 aliphatic heterocycles. The lowest BCUT2D eigenvalue weighted by Gasteiger charge is -2.38. The summed E-state index contributed by atoms with van der Waals surface area (Å²) >= 11 is 6.22. The number of nitrogens with one attached hydrogen (secondary N) is 2.